The van der Waals surface area contributed by atoms with Crippen LogP contribution in [0.2, 0.25) is 0 Å². The zero-order chi connectivity index (χ0) is 12.3. The van der Waals surface area contributed by atoms with E-state index in [0.29, 0.717) is 5.56 Å². The molecule has 1 aromatic carbocycles. The Morgan fingerprint density at radius 1 is 1.38 bits per heavy atom. The fourth-order valence-electron chi connectivity index (χ4n) is 1.06. The third-order valence-electron chi connectivity index (χ3n) is 1.82. The molecule has 0 aromatic heterocycles. The second kappa shape index (κ2) is 4.97. The lowest BCUT2D eigenvalue weighted by Crippen LogP contribution is -2.33. The normalized spacial score (nSPS) is 11.3. The molecule has 1 aromatic rings. The van der Waals surface area contributed by atoms with Crippen LogP contribution < -0.4 is 5.48 Å². The van der Waals surface area contributed by atoms with Crippen molar-refractivity contribution in [3.63, 3.8) is 0 Å². The van der Waals surface area contributed by atoms with Crippen molar-refractivity contribution < 1.29 is 9.63 Å². The summed E-state index contributed by atoms with van der Waals surface area (Å²) in [7, 11) is 0. The number of aryl methyl sites for hydroxylation is 1. The Hall–Kier alpha value is -0.870. The number of hydrogen-bond donors (Lipinski definition) is 1. The maximum atomic E-state index is 11.8. The predicted octanol–water partition coefficient (Wildman–Crippen LogP) is 3.22. The zero-order valence-electron chi connectivity index (χ0n) is 9.93. The number of carbonyl (C=O) groups is 1. The van der Waals surface area contributed by atoms with Gasteiger partial charge in [-0.1, -0.05) is 6.07 Å². The molecule has 0 aliphatic rings. The van der Waals surface area contributed by atoms with E-state index in [4.69, 9.17) is 4.84 Å². The fraction of sp³-hybridized carbons (Fsp3) is 0.417. The van der Waals surface area contributed by atoms with Crippen LogP contribution in [0.15, 0.2) is 22.7 Å². The van der Waals surface area contributed by atoms with Crippen molar-refractivity contribution in [1.29, 1.82) is 0 Å². The Morgan fingerprint density at radius 3 is 2.50 bits per heavy atom. The Morgan fingerprint density at radius 2 is 2.00 bits per heavy atom. The number of rotatable bonds is 2. The van der Waals surface area contributed by atoms with Crippen LogP contribution in [0.25, 0.3) is 0 Å². The highest BCUT2D eigenvalue weighted by Crippen LogP contribution is 2.18. The van der Waals surface area contributed by atoms with Crippen molar-refractivity contribution in [2.45, 2.75) is 33.3 Å². The second-order valence-corrected chi connectivity index (χ2v) is 5.48. The maximum Gasteiger partial charge on any atom is 0.276 e. The van der Waals surface area contributed by atoms with E-state index in [9.17, 15) is 4.79 Å². The Bertz CT molecular complexity index is 396. The molecular formula is C12H16BrNO2. The van der Waals surface area contributed by atoms with Crippen LogP contribution in [-0.2, 0) is 4.84 Å². The first-order chi connectivity index (χ1) is 7.29. The van der Waals surface area contributed by atoms with E-state index < -0.39 is 5.60 Å². The van der Waals surface area contributed by atoms with Crippen molar-refractivity contribution >= 4 is 21.8 Å². The van der Waals surface area contributed by atoms with Crippen LogP contribution in [0.4, 0.5) is 0 Å². The third kappa shape index (κ3) is 3.94. The van der Waals surface area contributed by atoms with E-state index in [1.165, 1.54) is 0 Å². The molecule has 1 amide bonds. The van der Waals surface area contributed by atoms with Crippen molar-refractivity contribution in [3.05, 3.63) is 33.8 Å². The molecule has 0 saturated carbocycles. The molecule has 0 aliphatic heterocycles. The fourth-order valence-corrected chi connectivity index (χ4v) is 1.73. The van der Waals surface area contributed by atoms with Gasteiger partial charge in [-0.25, -0.2) is 5.48 Å². The highest BCUT2D eigenvalue weighted by Gasteiger charge is 2.15. The largest absolute Gasteiger partial charge is 0.276 e. The number of halogens is 1. The molecule has 0 aliphatic carbocycles. The predicted molar refractivity (Wildman–Crippen MR) is 67.2 cm³/mol. The lowest BCUT2D eigenvalue weighted by atomic mass is 10.1. The summed E-state index contributed by atoms with van der Waals surface area (Å²) in [6, 6.07) is 5.55. The first-order valence-electron chi connectivity index (χ1n) is 5.04. The minimum atomic E-state index is -0.396. The number of hydrogen-bond acceptors (Lipinski definition) is 2. The molecule has 0 spiro atoms. The summed E-state index contributed by atoms with van der Waals surface area (Å²) < 4.78 is 0.766. The molecule has 1 rings (SSSR count). The molecule has 1 N–H and O–H groups in total. The number of carbonyl (C=O) groups excluding carboxylic acids is 1. The van der Waals surface area contributed by atoms with E-state index in [1.807, 2.05) is 39.8 Å². The number of benzene rings is 1. The topological polar surface area (TPSA) is 38.3 Å². The van der Waals surface area contributed by atoms with Gasteiger partial charge in [0.05, 0.1) is 11.2 Å². The summed E-state index contributed by atoms with van der Waals surface area (Å²) in [5, 5.41) is 0. The minimum absolute atomic E-state index is 0.248. The lowest BCUT2D eigenvalue weighted by molar-refractivity contribution is -0.0590. The summed E-state index contributed by atoms with van der Waals surface area (Å²) >= 11 is 3.35. The van der Waals surface area contributed by atoms with Crippen LogP contribution in [0.3, 0.4) is 0 Å². The Labute approximate surface area is 104 Å². The van der Waals surface area contributed by atoms with E-state index in [2.05, 4.69) is 21.4 Å². The number of nitrogens with one attached hydrogen (secondary N) is 1. The molecule has 4 heteroatoms. The van der Waals surface area contributed by atoms with Gasteiger partial charge >= 0.3 is 0 Å². The maximum absolute atomic E-state index is 11.8. The summed E-state index contributed by atoms with van der Waals surface area (Å²) in [4.78, 5) is 17.0. The first kappa shape index (κ1) is 13.2. The van der Waals surface area contributed by atoms with Crippen LogP contribution >= 0.6 is 15.9 Å². The molecule has 0 saturated heterocycles. The molecule has 0 atom stereocenters. The molecular weight excluding hydrogens is 270 g/mol. The van der Waals surface area contributed by atoms with E-state index >= 15 is 0 Å². The third-order valence-corrected chi connectivity index (χ3v) is 2.48. The average Bonchev–Trinajstić information content (AvgIpc) is 2.13. The second-order valence-electron chi connectivity index (χ2n) is 4.63. The monoisotopic (exact) mass is 285 g/mol. The summed E-state index contributed by atoms with van der Waals surface area (Å²) in [5.41, 5.74) is 3.70. The molecule has 0 bridgehead atoms. The summed E-state index contributed by atoms with van der Waals surface area (Å²) in [5.74, 6) is -0.248. The summed E-state index contributed by atoms with van der Waals surface area (Å²) in [6.45, 7) is 7.59. The van der Waals surface area contributed by atoms with Crippen molar-refractivity contribution in [2.75, 3.05) is 0 Å². The van der Waals surface area contributed by atoms with E-state index in [0.717, 1.165) is 10.0 Å². The Balaban J connectivity index is 2.74. The van der Waals surface area contributed by atoms with Gasteiger partial charge in [-0.2, -0.15) is 0 Å². The lowest BCUT2D eigenvalue weighted by Gasteiger charge is -2.19. The SMILES string of the molecule is Cc1ccc(C(=O)NOC(C)(C)C)c(Br)c1. The van der Waals surface area contributed by atoms with Crippen molar-refractivity contribution in [2.24, 2.45) is 0 Å². The van der Waals surface area contributed by atoms with Gasteiger partial charge in [-0.05, 0) is 61.3 Å². The van der Waals surface area contributed by atoms with Crippen molar-refractivity contribution in [1.82, 2.24) is 5.48 Å². The molecule has 16 heavy (non-hydrogen) atoms. The molecule has 0 fully saturated rings. The van der Waals surface area contributed by atoms with Crippen LogP contribution in [-0.4, -0.2) is 11.5 Å². The smallest absolute Gasteiger partial charge is 0.268 e. The van der Waals surface area contributed by atoms with E-state index in [-0.39, 0.29) is 5.91 Å². The molecule has 0 heterocycles. The minimum Gasteiger partial charge on any atom is -0.268 e. The van der Waals surface area contributed by atoms with Gasteiger partial charge in [0.25, 0.3) is 5.91 Å². The van der Waals surface area contributed by atoms with Crippen LogP contribution in [0, 0.1) is 6.92 Å². The number of amides is 1. The van der Waals surface area contributed by atoms with Gasteiger partial charge < -0.3 is 0 Å². The molecule has 0 radical (unpaired) electrons. The van der Waals surface area contributed by atoms with Gasteiger partial charge in [-0.15, -0.1) is 0 Å². The van der Waals surface area contributed by atoms with Gasteiger partial charge in [-0.3, -0.25) is 9.63 Å². The molecule has 88 valence electrons. The van der Waals surface area contributed by atoms with E-state index in [1.54, 1.807) is 6.07 Å². The van der Waals surface area contributed by atoms with Gasteiger partial charge in [0.2, 0.25) is 0 Å². The van der Waals surface area contributed by atoms with Crippen LogP contribution in [0.5, 0.6) is 0 Å². The van der Waals surface area contributed by atoms with Crippen molar-refractivity contribution in [3.8, 4) is 0 Å². The van der Waals surface area contributed by atoms with Gasteiger partial charge in [0, 0.05) is 4.47 Å². The van der Waals surface area contributed by atoms with Gasteiger partial charge in [0.1, 0.15) is 0 Å². The molecule has 0 unspecified atom stereocenters. The highest BCUT2D eigenvalue weighted by atomic mass is 79.9. The van der Waals surface area contributed by atoms with Gasteiger partial charge in [0.15, 0.2) is 0 Å². The first-order valence-corrected chi connectivity index (χ1v) is 5.83. The molecule has 3 nitrogen and oxygen atoms in total. The summed E-state index contributed by atoms with van der Waals surface area (Å²) in [6.07, 6.45) is 0. The average molecular weight is 286 g/mol. The zero-order valence-corrected chi connectivity index (χ0v) is 11.5. The quantitative estimate of drug-likeness (QED) is 0.848. The standard InChI is InChI=1S/C12H16BrNO2/c1-8-5-6-9(10(13)7-8)11(15)14-16-12(2,3)4/h5-7H,1-4H3,(H,14,15). The highest BCUT2D eigenvalue weighted by molar-refractivity contribution is 9.10. The van der Waals surface area contributed by atoms with Crippen LogP contribution in [0.1, 0.15) is 36.7 Å². The number of hydroxylamine groups is 1. The Kier molecular flexibility index (Phi) is 4.10.